The number of para-hydroxylation sites is 1. The van der Waals surface area contributed by atoms with E-state index < -0.39 is 32.4 Å². The van der Waals surface area contributed by atoms with Gasteiger partial charge in [0.1, 0.15) is 35.3 Å². The lowest BCUT2D eigenvalue weighted by Crippen LogP contribution is -2.31. The fourth-order valence-electron chi connectivity index (χ4n) is 3.77. The number of nitrogens with one attached hydrogen (secondary N) is 1. The van der Waals surface area contributed by atoms with Crippen LogP contribution in [0, 0.1) is 19.7 Å². The van der Waals surface area contributed by atoms with Crippen LogP contribution < -0.4 is 19.9 Å². The maximum Gasteiger partial charge on any atom is 0.281 e. The first-order valence-electron chi connectivity index (χ1n) is 12.4. The van der Waals surface area contributed by atoms with E-state index in [9.17, 15) is 22.7 Å². The van der Waals surface area contributed by atoms with Gasteiger partial charge in [-0.25, -0.2) is 19.1 Å². The molecule has 2 heterocycles. The van der Waals surface area contributed by atoms with Crippen molar-refractivity contribution in [3.8, 4) is 28.6 Å². The van der Waals surface area contributed by atoms with E-state index in [1.165, 1.54) is 48.5 Å². The summed E-state index contributed by atoms with van der Waals surface area (Å²) in [5.74, 6) is -1.32. The Morgan fingerprint density at radius 1 is 1.05 bits per heavy atom. The molecule has 0 saturated carbocycles. The molecule has 2 aromatic carbocycles. The van der Waals surface area contributed by atoms with Gasteiger partial charge in [0.25, 0.3) is 15.9 Å². The van der Waals surface area contributed by atoms with Crippen LogP contribution in [0.4, 0.5) is 10.2 Å². The number of carbonyl (C=O) groups is 1. The molecular weight excluding hydrogens is 551 g/mol. The predicted molar refractivity (Wildman–Crippen MR) is 159 cm³/mol. The summed E-state index contributed by atoms with van der Waals surface area (Å²) in [6.07, 6.45) is 0. The molecule has 0 bridgehead atoms. The number of amides is 1. The highest BCUT2D eigenvalue weighted by molar-refractivity contribution is 7.90. The third-order valence-electron chi connectivity index (χ3n) is 5.72. The Bertz CT molecular complexity index is 1720. The molecule has 222 valence electrons. The van der Waals surface area contributed by atoms with E-state index in [4.69, 9.17) is 15.2 Å². The molecule has 0 saturated heterocycles. The van der Waals surface area contributed by atoms with E-state index in [0.29, 0.717) is 11.3 Å². The molecule has 0 aliphatic heterocycles. The summed E-state index contributed by atoms with van der Waals surface area (Å²) in [7, 11) is -4.39. The molecule has 0 spiro atoms. The van der Waals surface area contributed by atoms with E-state index in [-0.39, 0.29) is 41.0 Å². The maximum absolute atomic E-state index is 14.5. The second kappa shape index (κ2) is 11.5. The summed E-state index contributed by atoms with van der Waals surface area (Å²) in [5, 5.41) is 9.53. The molecule has 0 unspecified atom stereocenters. The number of aliphatic hydroxyl groups is 1. The Hall–Kier alpha value is -4.55. The van der Waals surface area contributed by atoms with Crippen molar-refractivity contribution in [3.63, 3.8) is 0 Å². The number of halogens is 1. The first-order chi connectivity index (χ1) is 19.2. The van der Waals surface area contributed by atoms with Crippen LogP contribution in [0.15, 0.2) is 71.8 Å². The molecule has 0 radical (unpaired) electrons. The molecule has 41 heavy (non-hydrogen) atoms. The minimum Gasteiger partial charge on any atom is -0.490 e. The minimum absolute atomic E-state index is 0. The second-order valence-electron chi connectivity index (χ2n) is 9.98. The molecule has 0 aliphatic carbocycles. The lowest BCUT2D eigenvalue weighted by molar-refractivity contribution is 0.0284. The molecule has 0 fully saturated rings. The Morgan fingerprint density at radius 2 is 1.73 bits per heavy atom. The molecule has 10 nitrogen and oxygen atoms in total. The van der Waals surface area contributed by atoms with E-state index in [1.54, 1.807) is 39.8 Å². The fraction of sp³-hybridized carbons (Fsp3) is 0.207. The van der Waals surface area contributed by atoms with Gasteiger partial charge >= 0.3 is 0 Å². The molecule has 1 amide bonds. The lowest BCUT2D eigenvalue weighted by Gasteiger charge is -2.18. The van der Waals surface area contributed by atoms with Gasteiger partial charge in [0.2, 0.25) is 5.88 Å². The maximum atomic E-state index is 14.5. The van der Waals surface area contributed by atoms with Crippen molar-refractivity contribution < 1.29 is 37.9 Å². The van der Waals surface area contributed by atoms with Crippen LogP contribution in [0.2, 0.25) is 0 Å². The number of carbonyl (C=O) groups excluding carboxylic acids is 1. The average molecular weight is 589 g/mol. The highest BCUT2D eigenvalue weighted by atomic mass is 32.2. The topological polar surface area (TPSA) is 154 Å². The zero-order valence-electron chi connectivity index (χ0n) is 22.8. The largest absolute Gasteiger partial charge is 0.490 e. The van der Waals surface area contributed by atoms with Crippen molar-refractivity contribution in [3.05, 3.63) is 89.2 Å². The Labute approximate surface area is 243 Å². The number of sulfonamides is 1. The number of hydrogen-bond donors (Lipinski definition) is 3. The van der Waals surface area contributed by atoms with Crippen LogP contribution in [0.25, 0.3) is 11.3 Å². The first kappa shape index (κ1) is 29.4. The normalized spacial score (nSPS) is 11.7. The predicted octanol–water partition coefficient (Wildman–Crippen LogP) is 5.53. The van der Waals surface area contributed by atoms with Crippen molar-refractivity contribution in [2.45, 2.75) is 38.3 Å². The smallest absolute Gasteiger partial charge is 0.281 e. The molecule has 4 rings (SSSR count). The second-order valence-corrected chi connectivity index (χ2v) is 11.6. The molecule has 4 N–H and O–H groups in total. The van der Waals surface area contributed by atoms with Crippen LogP contribution in [0.5, 0.6) is 17.4 Å². The van der Waals surface area contributed by atoms with Crippen molar-refractivity contribution >= 4 is 21.7 Å². The molecule has 0 atom stereocenters. The summed E-state index contributed by atoms with van der Waals surface area (Å²) in [4.78, 5) is 21.5. The highest BCUT2D eigenvalue weighted by Gasteiger charge is 2.25. The summed E-state index contributed by atoms with van der Waals surface area (Å²) in [6, 6.07) is 16.1. The molecule has 4 aromatic rings. The zero-order chi connectivity index (χ0) is 29.9. The first-order valence-corrected chi connectivity index (χ1v) is 13.9. The van der Waals surface area contributed by atoms with Crippen molar-refractivity contribution in [2.75, 3.05) is 12.3 Å². The number of nitrogen functional groups attached to an aromatic ring is 1. The molecule has 2 aromatic heterocycles. The van der Waals surface area contributed by atoms with Gasteiger partial charge in [-0.2, -0.15) is 8.42 Å². The fourth-order valence-corrected chi connectivity index (χ4v) is 4.71. The van der Waals surface area contributed by atoms with Gasteiger partial charge in [-0.1, -0.05) is 24.3 Å². The zero-order valence-corrected chi connectivity index (χ0v) is 23.6. The Balaban J connectivity index is 0.00000484. The van der Waals surface area contributed by atoms with Gasteiger partial charge in [-0.05, 0) is 75.2 Å². The Kier molecular flexibility index (Phi) is 8.27. The number of rotatable bonds is 9. The molecular formula is C29H37FN4O6S. The van der Waals surface area contributed by atoms with E-state index in [1.807, 2.05) is 10.8 Å². The van der Waals surface area contributed by atoms with Crippen LogP contribution in [0.1, 0.15) is 41.0 Å². The summed E-state index contributed by atoms with van der Waals surface area (Å²) in [5.41, 5.74) is 6.26. The summed E-state index contributed by atoms with van der Waals surface area (Å²) in [6.45, 7) is 6.64. The van der Waals surface area contributed by atoms with Gasteiger partial charge in [0, 0.05) is 17.3 Å². The number of nitrogens with two attached hydrogens (primary N) is 1. The average Bonchev–Trinajstić information content (AvgIpc) is 2.88. The van der Waals surface area contributed by atoms with Crippen LogP contribution in [0.3, 0.4) is 0 Å². The number of pyridine rings is 2. The number of ether oxygens (including phenoxy) is 2. The van der Waals surface area contributed by atoms with E-state index in [0.717, 1.165) is 11.1 Å². The van der Waals surface area contributed by atoms with E-state index in [2.05, 4.69) is 9.97 Å². The number of anilines is 1. The van der Waals surface area contributed by atoms with Gasteiger partial charge in [0.05, 0.1) is 11.3 Å². The lowest BCUT2D eigenvalue weighted by atomic mass is 10.1. The van der Waals surface area contributed by atoms with Crippen molar-refractivity contribution in [2.24, 2.45) is 0 Å². The van der Waals surface area contributed by atoms with Gasteiger partial charge in [-0.3, -0.25) is 4.79 Å². The van der Waals surface area contributed by atoms with Crippen LogP contribution in [-0.4, -0.2) is 41.6 Å². The summed E-state index contributed by atoms with van der Waals surface area (Å²) < 4.78 is 53.8. The molecule has 0 aliphatic rings. The molecule has 12 heteroatoms. The third kappa shape index (κ3) is 7.35. The van der Waals surface area contributed by atoms with Crippen LogP contribution >= 0.6 is 0 Å². The van der Waals surface area contributed by atoms with Gasteiger partial charge < -0.3 is 20.3 Å². The quantitative estimate of drug-likeness (QED) is 0.229. The third-order valence-corrected chi connectivity index (χ3v) is 6.95. The standard InChI is InChI=1S/C29H29FN4O6S.4H2/c1-17-7-5-8-18(2)26(17)40-28-22(27(35)34-41(37,38)25-10-6-9-24(31)33-25)11-12-23(32-28)19-13-20(30)15-21(14-19)39-16-29(3,4)36;;;;/h5-15,36H,16H2,1-4H3,(H2,31,33)(H,34,35);4*1H. The number of hydrogen-bond acceptors (Lipinski definition) is 9. The summed E-state index contributed by atoms with van der Waals surface area (Å²) >= 11 is 0. The van der Waals surface area contributed by atoms with Crippen LogP contribution in [-0.2, 0) is 10.0 Å². The van der Waals surface area contributed by atoms with Gasteiger partial charge in [-0.15, -0.1) is 0 Å². The number of nitrogens with zero attached hydrogens (tertiary/aromatic N) is 2. The SMILES string of the molecule is Cc1cccc(C)c1Oc1nc(-c2cc(F)cc(OCC(C)(C)O)c2)ccc1C(=O)NS(=O)(=O)c1cccc(N)n1.[HH].[HH].[HH].[HH]. The minimum atomic E-state index is -4.39. The van der Waals surface area contributed by atoms with Crippen molar-refractivity contribution in [1.82, 2.24) is 14.7 Å². The van der Waals surface area contributed by atoms with E-state index >= 15 is 0 Å². The van der Waals surface area contributed by atoms with Crippen molar-refractivity contribution in [1.29, 1.82) is 0 Å². The number of aryl methyl sites for hydroxylation is 2. The number of benzene rings is 2. The monoisotopic (exact) mass is 588 g/mol. The highest BCUT2D eigenvalue weighted by Crippen LogP contribution is 2.33. The van der Waals surface area contributed by atoms with Gasteiger partial charge in [0.15, 0.2) is 5.03 Å². The number of aromatic nitrogens is 2. The Morgan fingerprint density at radius 3 is 2.39 bits per heavy atom.